The molecule has 1 amide bonds. The summed E-state index contributed by atoms with van der Waals surface area (Å²) in [7, 11) is 0. The molecule has 1 aliphatic carbocycles. The Labute approximate surface area is 115 Å². The molecule has 1 aromatic rings. The van der Waals surface area contributed by atoms with Gasteiger partial charge in [0.15, 0.2) is 0 Å². The number of nitrogens with one attached hydrogen (secondary N) is 2. The predicted molar refractivity (Wildman–Crippen MR) is 70.3 cm³/mol. The van der Waals surface area contributed by atoms with Gasteiger partial charge in [0, 0.05) is 6.20 Å². The van der Waals surface area contributed by atoms with Crippen molar-refractivity contribution in [2.24, 2.45) is 5.92 Å². The van der Waals surface area contributed by atoms with Crippen molar-refractivity contribution in [2.75, 3.05) is 0 Å². The zero-order valence-electron chi connectivity index (χ0n) is 11.2. The minimum atomic E-state index is -1.23. The molecule has 1 fully saturated rings. The Morgan fingerprint density at radius 2 is 2.10 bits per heavy atom. The van der Waals surface area contributed by atoms with Crippen molar-refractivity contribution in [3.63, 3.8) is 0 Å². The van der Waals surface area contributed by atoms with Gasteiger partial charge < -0.3 is 15.4 Å². The highest BCUT2D eigenvalue weighted by Crippen LogP contribution is 2.32. The Bertz CT molecular complexity index is 553. The average Bonchev–Trinajstić information content (AvgIpc) is 2.42. The van der Waals surface area contributed by atoms with Crippen LogP contribution in [0.2, 0.25) is 0 Å². The van der Waals surface area contributed by atoms with Gasteiger partial charge in [0.1, 0.15) is 11.2 Å². The molecule has 108 valence electrons. The lowest BCUT2D eigenvalue weighted by atomic mass is 9.77. The van der Waals surface area contributed by atoms with Crippen molar-refractivity contribution in [3.05, 3.63) is 28.4 Å². The third kappa shape index (κ3) is 2.87. The van der Waals surface area contributed by atoms with Gasteiger partial charge in [0.25, 0.3) is 11.5 Å². The fourth-order valence-electron chi connectivity index (χ4n) is 2.39. The molecule has 1 aliphatic rings. The maximum atomic E-state index is 12.1. The van der Waals surface area contributed by atoms with Crippen LogP contribution in [0.1, 0.15) is 43.1 Å². The van der Waals surface area contributed by atoms with Crippen LogP contribution in [0, 0.1) is 5.92 Å². The van der Waals surface area contributed by atoms with Crippen LogP contribution in [0.3, 0.4) is 0 Å². The molecule has 0 aromatic carbocycles. The van der Waals surface area contributed by atoms with Crippen molar-refractivity contribution < 1.29 is 14.7 Å². The van der Waals surface area contributed by atoms with E-state index < -0.39 is 23.0 Å². The largest absolute Gasteiger partial charge is 0.480 e. The van der Waals surface area contributed by atoms with E-state index in [2.05, 4.69) is 22.2 Å². The molecular formula is C13H17N3O4. The molecule has 0 aliphatic heterocycles. The Balaban J connectivity index is 2.16. The van der Waals surface area contributed by atoms with Gasteiger partial charge in [-0.3, -0.25) is 9.59 Å². The molecule has 0 saturated heterocycles. The van der Waals surface area contributed by atoms with Crippen LogP contribution in [-0.4, -0.2) is 32.5 Å². The van der Waals surface area contributed by atoms with E-state index >= 15 is 0 Å². The van der Waals surface area contributed by atoms with E-state index in [1.165, 1.54) is 6.20 Å². The SMILES string of the molecule is CC1CCC(NC(=O)c2c[nH]c(=O)cn2)(C(=O)O)CC1. The molecule has 1 heterocycles. The molecule has 1 saturated carbocycles. The molecule has 1 aromatic heterocycles. The number of carbonyl (C=O) groups excluding carboxylic acids is 1. The molecule has 0 radical (unpaired) electrons. The number of aromatic amines is 1. The summed E-state index contributed by atoms with van der Waals surface area (Å²) in [6.07, 6.45) is 4.48. The molecule has 3 N–H and O–H groups in total. The van der Waals surface area contributed by atoms with Gasteiger partial charge in [-0.1, -0.05) is 6.92 Å². The van der Waals surface area contributed by atoms with E-state index in [-0.39, 0.29) is 5.69 Å². The van der Waals surface area contributed by atoms with Gasteiger partial charge in [-0.2, -0.15) is 0 Å². The number of amides is 1. The zero-order valence-corrected chi connectivity index (χ0v) is 11.2. The van der Waals surface area contributed by atoms with Crippen molar-refractivity contribution in [1.29, 1.82) is 0 Å². The maximum absolute atomic E-state index is 12.1. The van der Waals surface area contributed by atoms with E-state index in [4.69, 9.17) is 0 Å². The molecule has 0 bridgehead atoms. The smallest absolute Gasteiger partial charge is 0.329 e. The van der Waals surface area contributed by atoms with E-state index in [0.717, 1.165) is 19.0 Å². The average molecular weight is 279 g/mol. The van der Waals surface area contributed by atoms with Crippen molar-refractivity contribution >= 4 is 11.9 Å². The summed E-state index contributed by atoms with van der Waals surface area (Å²) in [6, 6.07) is 0. The lowest BCUT2D eigenvalue weighted by molar-refractivity contribution is -0.146. The van der Waals surface area contributed by atoms with Gasteiger partial charge in [0.05, 0.1) is 6.20 Å². The molecule has 0 atom stereocenters. The van der Waals surface area contributed by atoms with Crippen molar-refractivity contribution in [3.8, 4) is 0 Å². The lowest BCUT2D eigenvalue weighted by Crippen LogP contribution is -2.56. The topological polar surface area (TPSA) is 112 Å². The Morgan fingerprint density at radius 3 is 2.60 bits per heavy atom. The molecular weight excluding hydrogens is 262 g/mol. The number of carbonyl (C=O) groups is 2. The molecule has 0 spiro atoms. The molecule has 0 unspecified atom stereocenters. The van der Waals surface area contributed by atoms with Gasteiger partial charge in [-0.25, -0.2) is 9.78 Å². The summed E-state index contributed by atoms with van der Waals surface area (Å²) < 4.78 is 0. The molecule has 2 rings (SSSR count). The van der Waals surface area contributed by atoms with Crippen LogP contribution in [0.15, 0.2) is 17.2 Å². The highest BCUT2D eigenvalue weighted by molar-refractivity contribution is 5.96. The van der Waals surface area contributed by atoms with Gasteiger partial charge in [0.2, 0.25) is 0 Å². The van der Waals surface area contributed by atoms with Crippen LogP contribution < -0.4 is 10.9 Å². The second-order valence-electron chi connectivity index (χ2n) is 5.32. The number of aromatic nitrogens is 2. The Kier molecular flexibility index (Phi) is 3.87. The first-order valence-corrected chi connectivity index (χ1v) is 6.53. The molecule has 7 nitrogen and oxygen atoms in total. The monoisotopic (exact) mass is 279 g/mol. The number of rotatable bonds is 3. The van der Waals surface area contributed by atoms with Gasteiger partial charge >= 0.3 is 5.97 Å². The number of hydrogen-bond acceptors (Lipinski definition) is 4. The maximum Gasteiger partial charge on any atom is 0.329 e. The van der Waals surface area contributed by atoms with Crippen LogP contribution in [-0.2, 0) is 4.79 Å². The summed E-state index contributed by atoms with van der Waals surface area (Å²) in [6.45, 7) is 2.07. The standard InChI is InChI=1S/C13H17N3O4/c1-8-2-4-13(5-3-8,12(19)20)16-11(18)9-6-15-10(17)7-14-9/h6-8H,2-5H2,1H3,(H,15,17)(H,16,18)(H,19,20). The van der Waals surface area contributed by atoms with E-state index in [1.807, 2.05) is 0 Å². The summed E-state index contributed by atoms with van der Waals surface area (Å²) in [5.74, 6) is -1.15. The van der Waals surface area contributed by atoms with E-state index in [9.17, 15) is 19.5 Å². The fraction of sp³-hybridized carbons (Fsp3) is 0.538. The van der Waals surface area contributed by atoms with Crippen LogP contribution >= 0.6 is 0 Å². The minimum absolute atomic E-state index is 0.00356. The first-order valence-electron chi connectivity index (χ1n) is 6.53. The fourth-order valence-corrected chi connectivity index (χ4v) is 2.39. The highest BCUT2D eigenvalue weighted by Gasteiger charge is 2.42. The van der Waals surface area contributed by atoms with E-state index in [0.29, 0.717) is 18.8 Å². The molecule has 7 heteroatoms. The lowest BCUT2D eigenvalue weighted by Gasteiger charge is -2.36. The van der Waals surface area contributed by atoms with Crippen LogP contribution in [0.4, 0.5) is 0 Å². The number of carboxylic acids is 1. The number of H-pyrrole nitrogens is 1. The zero-order chi connectivity index (χ0) is 14.8. The van der Waals surface area contributed by atoms with Crippen molar-refractivity contribution in [1.82, 2.24) is 15.3 Å². The summed E-state index contributed by atoms with van der Waals surface area (Å²) in [5.41, 5.74) is -1.65. The Hall–Kier alpha value is -2.18. The minimum Gasteiger partial charge on any atom is -0.480 e. The normalized spacial score (nSPS) is 25.9. The third-order valence-electron chi connectivity index (χ3n) is 3.79. The first kappa shape index (κ1) is 14.2. The number of nitrogens with zero attached hydrogens (tertiary/aromatic N) is 1. The summed E-state index contributed by atoms with van der Waals surface area (Å²) >= 11 is 0. The summed E-state index contributed by atoms with van der Waals surface area (Å²) in [5, 5.41) is 12.0. The van der Waals surface area contributed by atoms with E-state index in [1.54, 1.807) is 0 Å². The van der Waals surface area contributed by atoms with Gasteiger partial charge in [-0.05, 0) is 31.6 Å². The Morgan fingerprint density at radius 1 is 1.45 bits per heavy atom. The number of carboxylic acid groups (broad SMARTS) is 1. The van der Waals surface area contributed by atoms with Crippen LogP contribution in [0.25, 0.3) is 0 Å². The number of aliphatic carboxylic acids is 1. The van der Waals surface area contributed by atoms with Gasteiger partial charge in [-0.15, -0.1) is 0 Å². The molecule has 20 heavy (non-hydrogen) atoms. The second-order valence-corrected chi connectivity index (χ2v) is 5.32. The summed E-state index contributed by atoms with van der Waals surface area (Å²) in [4.78, 5) is 40.5. The quantitative estimate of drug-likeness (QED) is 0.747. The van der Waals surface area contributed by atoms with Crippen molar-refractivity contribution in [2.45, 2.75) is 38.1 Å². The highest BCUT2D eigenvalue weighted by atomic mass is 16.4. The third-order valence-corrected chi connectivity index (χ3v) is 3.79. The second kappa shape index (κ2) is 5.44. The number of hydrogen-bond donors (Lipinski definition) is 3. The first-order chi connectivity index (χ1) is 9.43. The van der Waals surface area contributed by atoms with Crippen LogP contribution in [0.5, 0.6) is 0 Å². The predicted octanol–water partition coefficient (Wildman–Crippen LogP) is 0.533.